The first-order chi connectivity index (χ1) is 15.9. The maximum absolute atomic E-state index is 12.2. The molecule has 0 fully saturated rings. The second-order valence-corrected chi connectivity index (χ2v) is 8.68. The van der Waals surface area contributed by atoms with Crippen LogP contribution in [0.15, 0.2) is 40.9 Å². The number of ether oxygens (including phenoxy) is 1. The molecule has 1 N–H and O–H groups in total. The van der Waals surface area contributed by atoms with E-state index in [0.29, 0.717) is 35.1 Å². The van der Waals surface area contributed by atoms with Crippen molar-refractivity contribution in [2.75, 3.05) is 20.6 Å². The summed E-state index contributed by atoms with van der Waals surface area (Å²) in [5.74, 6) is 1.36. The SMILES string of the molecule is CC(C)Oc1ccc(-c2nc(-c3cccc4c3CC[C@@H]4NC(=O)CN(C)C)no2)cc1C#N.[HH]. The number of likely N-dealkylation sites (N-methyl/N-ethyl adjacent to an activating group) is 1. The van der Waals surface area contributed by atoms with Crippen LogP contribution in [0.25, 0.3) is 22.8 Å². The summed E-state index contributed by atoms with van der Waals surface area (Å²) in [6.07, 6.45) is 1.62. The van der Waals surface area contributed by atoms with Crippen molar-refractivity contribution < 1.29 is 15.5 Å². The highest BCUT2D eigenvalue weighted by Crippen LogP contribution is 2.37. The molecule has 1 amide bonds. The smallest absolute Gasteiger partial charge is 0.258 e. The van der Waals surface area contributed by atoms with Crippen LogP contribution < -0.4 is 10.1 Å². The summed E-state index contributed by atoms with van der Waals surface area (Å²) < 4.78 is 11.2. The Morgan fingerprint density at radius 2 is 2.18 bits per heavy atom. The van der Waals surface area contributed by atoms with E-state index in [4.69, 9.17) is 9.26 Å². The van der Waals surface area contributed by atoms with E-state index in [1.807, 2.05) is 57.1 Å². The lowest BCUT2D eigenvalue weighted by Crippen LogP contribution is -2.35. The minimum Gasteiger partial charge on any atom is -0.490 e. The Kier molecular flexibility index (Phi) is 6.43. The molecule has 3 aromatic rings. The fourth-order valence-corrected chi connectivity index (χ4v) is 4.10. The van der Waals surface area contributed by atoms with Crippen molar-refractivity contribution in [2.24, 2.45) is 0 Å². The molecular formula is C25H29N5O3. The van der Waals surface area contributed by atoms with Gasteiger partial charge < -0.3 is 19.5 Å². The molecule has 8 nitrogen and oxygen atoms in total. The minimum atomic E-state index is -0.0328. The van der Waals surface area contributed by atoms with Crippen LogP contribution in [0.2, 0.25) is 0 Å². The number of nitrogens with zero attached hydrogens (tertiary/aromatic N) is 4. The highest BCUT2D eigenvalue weighted by atomic mass is 16.5. The van der Waals surface area contributed by atoms with E-state index in [2.05, 4.69) is 21.5 Å². The number of hydrogen-bond donors (Lipinski definition) is 1. The van der Waals surface area contributed by atoms with Gasteiger partial charge in [0.15, 0.2) is 0 Å². The van der Waals surface area contributed by atoms with Crippen LogP contribution in [0.3, 0.4) is 0 Å². The molecule has 1 aliphatic carbocycles. The van der Waals surface area contributed by atoms with E-state index in [9.17, 15) is 10.1 Å². The average molecular weight is 448 g/mol. The zero-order valence-corrected chi connectivity index (χ0v) is 19.3. The number of nitriles is 1. The number of benzene rings is 2. The number of carbonyl (C=O) groups is 1. The number of carbonyl (C=O) groups excluding carboxylic acids is 1. The lowest BCUT2D eigenvalue weighted by atomic mass is 10.0. The zero-order chi connectivity index (χ0) is 23.5. The summed E-state index contributed by atoms with van der Waals surface area (Å²) in [7, 11) is 3.75. The maximum Gasteiger partial charge on any atom is 0.258 e. The van der Waals surface area contributed by atoms with Crippen molar-refractivity contribution >= 4 is 5.91 Å². The molecule has 0 saturated heterocycles. The van der Waals surface area contributed by atoms with E-state index in [0.717, 1.165) is 29.5 Å². The van der Waals surface area contributed by atoms with Crippen LogP contribution in [-0.4, -0.2) is 47.7 Å². The molecule has 1 heterocycles. The lowest BCUT2D eigenvalue weighted by Gasteiger charge is -2.16. The third-order valence-electron chi connectivity index (χ3n) is 5.44. The fourth-order valence-electron chi connectivity index (χ4n) is 4.10. The topological polar surface area (TPSA) is 104 Å². The summed E-state index contributed by atoms with van der Waals surface area (Å²) in [6.45, 7) is 4.18. The van der Waals surface area contributed by atoms with Crippen LogP contribution in [0.5, 0.6) is 5.75 Å². The number of fused-ring (bicyclic) bond motifs is 1. The van der Waals surface area contributed by atoms with Gasteiger partial charge in [-0.3, -0.25) is 4.79 Å². The van der Waals surface area contributed by atoms with Crippen molar-refractivity contribution in [3.63, 3.8) is 0 Å². The normalized spacial score (nSPS) is 14.9. The van der Waals surface area contributed by atoms with E-state index in [1.54, 1.807) is 12.1 Å². The Bertz CT molecular complexity index is 1220. The zero-order valence-electron chi connectivity index (χ0n) is 19.3. The van der Waals surface area contributed by atoms with Gasteiger partial charge in [-0.1, -0.05) is 23.4 Å². The summed E-state index contributed by atoms with van der Waals surface area (Å²) in [5.41, 5.74) is 4.18. The van der Waals surface area contributed by atoms with E-state index < -0.39 is 0 Å². The van der Waals surface area contributed by atoms with Crippen LogP contribution in [-0.2, 0) is 11.2 Å². The molecule has 1 atom stereocenters. The highest BCUT2D eigenvalue weighted by Gasteiger charge is 2.27. The average Bonchev–Trinajstić information content (AvgIpc) is 3.41. The van der Waals surface area contributed by atoms with Crippen LogP contribution in [0.4, 0.5) is 0 Å². The monoisotopic (exact) mass is 447 g/mol. The van der Waals surface area contributed by atoms with Crippen LogP contribution >= 0.6 is 0 Å². The fraction of sp³-hybridized carbons (Fsp3) is 0.360. The van der Waals surface area contributed by atoms with E-state index in [-0.39, 0.29) is 19.5 Å². The lowest BCUT2D eigenvalue weighted by molar-refractivity contribution is -0.122. The van der Waals surface area contributed by atoms with Crippen LogP contribution in [0, 0.1) is 11.3 Å². The van der Waals surface area contributed by atoms with Gasteiger partial charge in [-0.2, -0.15) is 10.2 Å². The third-order valence-corrected chi connectivity index (χ3v) is 5.44. The van der Waals surface area contributed by atoms with Crippen molar-refractivity contribution in [1.82, 2.24) is 20.4 Å². The second-order valence-electron chi connectivity index (χ2n) is 8.68. The van der Waals surface area contributed by atoms with Gasteiger partial charge in [0.1, 0.15) is 11.8 Å². The van der Waals surface area contributed by atoms with Gasteiger partial charge in [0.05, 0.1) is 24.3 Å². The molecule has 0 aliphatic heterocycles. The standard InChI is InChI=1S/C25H27N5O3.H2/c1-15(2)32-22-11-8-16(12-17(22)13-26)25-28-24(29-33-25)20-7-5-6-19-18(20)9-10-21(19)27-23(31)14-30(3)4;/h5-8,11-12,15,21H,9-10,14H2,1-4H3,(H,27,31);1H/t21-;/m0./s1. The summed E-state index contributed by atoms with van der Waals surface area (Å²) >= 11 is 0. The quantitative estimate of drug-likeness (QED) is 0.584. The van der Waals surface area contributed by atoms with E-state index >= 15 is 0 Å². The molecule has 0 saturated carbocycles. The number of amides is 1. The molecule has 33 heavy (non-hydrogen) atoms. The molecule has 0 bridgehead atoms. The van der Waals surface area contributed by atoms with Crippen molar-refractivity contribution in [3.8, 4) is 34.7 Å². The largest absolute Gasteiger partial charge is 0.490 e. The summed E-state index contributed by atoms with van der Waals surface area (Å²) in [5, 5.41) is 16.8. The number of aromatic nitrogens is 2. The Morgan fingerprint density at radius 1 is 1.36 bits per heavy atom. The summed E-state index contributed by atoms with van der Waals surface area (Å²) in [4.78, 5) is 18.7. The Hall–Kier alpha value is -3.70. The van der Waals surface area contributed by atoms with Gasteiger partial charge in [0.2, 0.25) is 11.7 Å². The molecule has 172 valence electrons. The third kappa shape index (κ3) is 4.89. The van der Waals surface area contributed by atoms with Gasteiger partial charge in [0.25, 0.3) is 5.89 Å². The number of nitrogens with one attached hydrogen (secondary N) is 1. The number of rotatable bonds is 7. The van der Waals surface area contributed by atoms with Gasteiger partial charge in [-0.05, 0) is 70.1 Å². The predicted octanol–water partition coefficient (Wildman–Crippen LogP) is 3.97. The van der Waals surface area contributed by atoms with Crippen molar-refractivity contribution in [3.05, 3.63) is 53.1 Å². The van der Waals surface area contributed by atoms with Crippen molar-refractivity contribution in [2.45, 2.75) is 38.8 Å². The van der Waals surface area contributed by atoms with Crippen LogP contribution in [0.1, 0.15) is 44.4 Å². The first-order valence-corrected chi connectivity index (χ1v) is 11.0. The first kappa shape index (κ1) is 22.5. The van der Waals surface area contributed by atoms with Gasteiger partial charge >= 0.3 is 0 Å². The molecular weight excluding hydrogens is 418 g/mol. The van der Waals surface area contributed by atoms with E-state index in [1.165, 1.54) is 0 Å². The molecule has 4 rings (SSSR count). The van der Waals surface area contributed by atoms with Crippen molar-refractivity contribution in [1.29, 1.82) is 5.26 Å². The summed E-state index contributed by atoms with van der Waals surface area (Å²) in [6, 6.07) is 13.4. The Morgan fingerprint density at radius 3 is 2.91 bits per heavy atom. The van der Waals surface area contributed by atoms with Gasteiger partial charge in [-0.25, -0.2) is 0 Å². The molecule has 0 unspecified atom stereocenters. The second kappa shape index (κ2) is 9.43. The highest BCUT2D eigenvalue weighted by molar-refractivity contribution is 5.79. The maximum atomic E-state index is 12.2. The van der Waals surface area contributed by atoms with Gasteiger partial charge in [-0.15, -0.1) is 0 Å². The molecule has 0 radical (unpaired) electrons. The minimum absolute atomic E-state index is 0. The molecule has 8 heteroatoms. The molecule has 0 spiro atoms. The Labute approximate surface area is 194 Å². The molecule has 1 aromatic heterocycles. The van der Waals surface area contributed by atoms with Gasteiger partial charge in [0, 0.05) is 12.6 Å². The first-order valence-electron chi connectivity index (χ1n) is 11.0. The number of hydrogen-bond acceptors (Lipinski definition) is 7. The molecule has 2 aromatic carbocycles. The molecule has 1 aliphatic rings. The Balaban J connectivity index is 0.00000324. The predicted molar refractivity (Wildman–Crippen MR) is 126 cm³/mol.